The van der Waals surface area contributed by atoms with E-state index in [1.54, 1.807) is 19.1 Å². The van der Waals surface area contributed by atoms with E-state index in [2.05, 4.69) is 0 Å². The normalized spacial score (nSPS) is 23.4. The van der Waals surface area contributed by atoms with Crippen LogP contribution < -0.4 is 0 Å². The summed E-state index contributed by atoms with van der Waals surface area (Å²) in [6, 6.07) is 4.31. The molecule has 114 valence electrons. The van der Waals surface area contributed by atoms with Crippen molar-refractivity contribution < 1.29 is 23.8 Å². The Labute approximate surface area is 122 Å². The van der Waals surface area contributed by atoms with Crippen molar-refractivity contribution in [1.82, 2.24) is 0 Å². The van der Waals surface area contributed by atoms with Crippen molar-refractivity contribution in [2.24, 2.45) is 0 Å². The smallest absolute Gasteiger partial charge is 0.194 e. The monoisotopic (exact) mass is 294 g/mol. The Morgan fingerprint density at radius 1 is 1.19 bits per heavy atom. The molecule has 3 rings (SSSR count). The molecule has 1 aliphatic carbocycles. The van der Waals surface area contributed by atoms with E-state index in [1.165, 1.54) is 6.07 Å². The van der Waals surface area contributed by atoms with Gasteiger partial charge in [0.1, 0.15) is 11.4 Å². The molecule has 1 spiro atoms. The quantitative estimate of drug-likeness (QED) is 0.851. The van der Waals surface area contributed by atoms with Crippen molar-refractivity contribution in [3.63, 3.8) is 0 Å². The third kappa shape index (κ3) is 2.61. The summed E-state index contributed by atoms with van der Waals surface area (Å²) in [5, 5.41) is 10.6. The lowest BCUT2D eigenvalue weighted by Crippen LogP contribution is -2.48. The Morgan fingerprint density at radius 3 is 2.38 bits per heavy atom. The fourth-order valence-electron chi connectivity index (χ4n) is 3.06. The Bertz CT molecular complexity index is 553. The Hall–Kier alpha value is -1.30. The van der Waals surface area contributed by atoms with Crippen LogP contribution in [-0.4, -0.2) is 35.5 Å². The van der Waals surface area contributed by atoms with Crippen LogP contribution in [0.4, 0.5) is 4.39 Å². The molecule has 1 saturated carbocycles. The minimum absolute atomic E-state index is 0.213. The molecule has 0 amide bonds. The second-order valence-corrected chi connectivity index (χ2v) is 5.93. The topological polar surface area (TPSA) is 55.8 Å². The van der Waals surface area contributed by atoms with Gasteiger partial charge in [0.2, 0.25) is 0 Å². The number of benzene rings is 1. The van der Waals surface area contributed by atoms with Crippen molar-refractivity contribution in [3.8, 4) is 0 Å². The molecule has 0 unspecified atom stereocenters. The van der Waals surface area contributed by atoms with Crippen LogP contribution in [0.3, 0.4) is 0 Å². The molecule has 0 atom stereocenters. The SMILES string of the molecule is Cc1ccc(C(=O)C2(O)CCC3(CC2)OCCO3)cc1F. The van der Waals surface area contributed by atoms with Crippen molar-refractivity contribution in [2.45, 2.75) is 44.0 Å². The lowest BCUT2D eigenvalue weighted by molar-refractivity contribution is -0.195. The number of halogens is 1. The van der Waals surface area contributed by atoms with E-state index in [4.69, 9.17) is 9.47 Å². The van der Waals surface area contributed by atoms with Crippen LogP contribution in [0.5, 0.6) is 0 Å². The Kier molecular flexibility index (Phi) is 3.59. The number of hydrogen-bond donors (Lipinski definition) is 1. The number of Topliss-reactive ketones (excluding diaryl/α,β-unsaturated/α-hetero) is 1. The number of ketones is 1. The molecule has 1 aliphatic heterocycles. The number of aliphatic hydroxyl groups is 1. The van der Waals surface area contributed by atoms with Gasteiger partial charge in [-0.05, 0) is 31.4 Å². The van der Waals surface area contributed by atoms with Gasteiger partial charge in [-0.3, -0.25) is 4.79 Å². The van der Waals surface area contributed by atoms with E-state index in [1.807, 2.05) is 0 Å². The number of hydrogen-bond acceptors (Lipinski definition) is 4. The summed E-state index contributed by atoms with van der Waals surface area (Å²) in [7, 11) is 0. The fraction of sp³-hybridized carbons (Fsp3) is 0.562. The van der Waals surface area contributed by atoms with E-state index in [9.17, 15) is 14.3 Å². The molecule has 1 aromatic carbocycles. The predicted octanol–water partition coefficient (Wildman–Crippen LogP) is 2.37. The second kappa shape index (κ2) is 5.16. The van der Waals surface area contributed by atoms with E-state index < -0.39 is 23.0 Å². The highest BCUT2D eigenvalue weighted by atomic mass is 19.1. The summed E-state index contributed by atoms with van der Waals surface area (Å²) in [5.74, 6) is -1.49. The first kappa shape index (κ1) is 14.6. The number of rotatable bonds is 2. The molecule has 5 heteroatoms. The zero-order chi connectivity index (χ0) is 15.1. The minimum Gasteiger partial charge on any atom is -0.382 e. The number of carbonyl (C=O) groups excluding carboxylic acids is 1. The van der Waals surface area contributed by atoms with Crippen LogP contribution in [0.2, 0.25) is 0 Å². The average molecular weight is 294 g/mol. The first-order valence-corrected chi connectivity index (χ1v) is 7.25. The Balaban J connectivity index is 1.76. The first-order valence-electron chi connectivity index (χ1n) is 7.25. The summed E-state index contributed by atoms with van der Waals surface area (Å²) in [6.07, 6.45) is 1.48. The van der Waals surface area contributed by atoms with Crippen molar-refractivity contribution >= 4 is 5.78 Å². The van der Waals surface area contributed by atoms with Crippen LogP contribution in [0.25, 0.3) is 0 Å². The number of ether oxygens (including phenoxy) is 2. The summed E-state index contributed by atoms with van der Waals surface area (Å²) < 4.78 is 24.8. The third-order valence-corrected chi connectivity index (χ3v) is 4.51. The van der Waals surface area contributed by atoms with Crippen molar-refractivity contribution in [1.29, 1.82) is 0 Å². The maximum atomic E-state index is 13.6. The van der Waals surface area contributed by atoms with Crippen LogP contribution in [0.15, 0.2) is 18.2 Å². The number of aryl methyl sites for hydroxylation is 1. The minimum atomic E-state index is -1.46. The van der Waals surface area contributed by atoms with Gasteiger partial charge in [-0.25, -0.2) is 4.39 Å². The lowest BCUT2D eigenvalue weighted by Gasteiger charge is -2.39. The summed E-state index contributed by atoms with van der Waals surface area (Å²) in [6.45, 7) is 2.74. The van der Waals surface area contributed by atoms with Gasteiger partial charge in [0.05, 0.1) is 13.2 Å². The van der Waals surface area contributed by atoms with Gasteiger partial charge in [-0.15, -0.1) is 0 Å². The van der Waals surface area contributed by atoms with Gasteiger partial charge in [0.15, 0.2) is 11.6 Å². The highest BCUT2D eigenvalue weighted by Crippen LogP contribution is 2.41. The molecular weight excluding hydrogens is 275 g/mol. The van der Waals surface area contributed by atoms with Crippen LogP contribution in [-0.2, 0) is 9.47 Å². The molecule has 0 aromatic heterocycles. The van der Waals surface area contributed by atoms with E-state index in [0.717, 1.165) is 0 Å². The zero-order valence-corrected chi connectivity index (χ0v) is 12.0. The molecule has 1 aromatic rings. The van der Waals surface area contributed by atoms with Crippen LogP contribution in [0.1, 0.15) is 41.6 Å². The molecule has 2 fully saturated rings. The van der Waals surface area contributed by atoms with Crippen LogP contribution in [0, 0.1) is 12.7 Å². The molecule has 1 heterocycles. The highest BCUT2D eigenvalue weighted by Gasteiger charge is 2.48. The third-order valence-electron chi connectivity index (χ3n) is 4.51. The van der Waals surface area contributed by atoms with Gasteiger partial charge < -0.3 is 14.6 Å². The summed E-state index contributed by atoms with van der Waals surface area (Å²) >= 11 is 0. The maximum absolute atomic E-state index is 13.6. The largest absolute Gasteiger partial charge is 0.382 e. The highest BCUT2D eigenvalue weighted by molar-refractivity contribution is 6.02. The van der Waals surface area contributed by atoms with Gasteiger partial charge in [0.25, 0.3) is 0 Å². The van der Waals surface area contributed by atoms with Gasteiger partial charge in [0, 0.05) is 18.4 Å². The van der Waals surface area contributed by atoms with Crippen LogP contribution >= 0.6 is 0 Å². The van der Waals surface area contributed by atoms with Gasteiger partial charge in [-0.1, -0.05) is 12.1 Å². The molecule has 0 radical (unpaired) electrons. The summed E-state index contributed by atoms with van der Waals surface area (Å²) in [5.41, 5.74) is -0.763. The molecule has 2 aliphatic rings. The fourth-order valence-corrected chi connectivity index (χ4v) is 3.06. The van der Waals surface area contributed by atoms with E-state index in [0.29, 0.717) is 31.6 Å². The molecule has 4 nitrogen and oxygen atoms in total. The predicted molar refractivity (Wildman–Crippen MR) is 73.5 cm³/mol. The standard InChI is InChI=1S/C16H19FO4/c1-11-2-3-12(10-13(11)17)14(18)15(19)4-6-16(7-5-15)20-8-9-21-16/h2-3,10,19H,4-9H2,1H3. The number of carbonyl (C=O) groups is 1. The lowest BCUT2D eigenvalue weighted by atomic mass is 9.77. The summed E-state index contributed by atoms with van der Waals surface area (Å²) in [4.78, 5) is 12.5. The van der Waals surface area contributed by atoms with E-state index in [-0.39, 0.29) is 18.4 Å². The molecule has 1 N–H and O–H groups in total. The van der Waals surface area contributed by atoms with Crippen molar-refractivity contribution in [3.05, 3.63) is 35.1 Å². The molecule has 0 bridgehead atoms. The van der Waals surface area contributed by atoms with Crippen molar-refractivity contribution in [2.75, 3.05) is 13.2 Å². The molecular formula is C16H19FO4. The average Bonchev–Trinajstić information content (AvgIpc) is 2.94. The molecule has 21 heavy (non-hydrogen) atoms. The Morgan fingerprint density at radius 2 is 1.81 bits per heavy atom. The maximum Gasteiger partial charge on any atom is 0.194 e. The zero-order valence-electron chi connectivity index (χ0n) is 12.0. The van der Waals surface area contributed by atoms with Gasteiger partial charge in [-0.2, -0.15) is 0 Å². The first-order chi connectivity index (χ1) is 9.94. The molecule has 1 saturated heterocycles. The van der Waals surface area contributed by atoms with E-state index >= 15 is 0 Å². The van der Waals surface area contributed by atoms with Gasteiger partial charge >= 0.3 is 0 Å². The second-order valence-electron chi connectivity index (χ2n) is 5.93.